The number of rotatable bonds is 4. The van der Waals surface area contributed by atoms with E-state index in [1.54, 1.807) is 22.7 Å². The van der Waals surface area contributed by atoms with E-state index in [0.29, 0.717) is 0 Å². The topological polar surface area (TPSA) is 0 Å². The number of thiophene rings is 2. The lowest BCUT2D eigenvalue weighted by molar-refractivity contribution is 1.39. The van der Waals surface area contributed by atoms with Crippen LogP contribution < -0.4 is 0 Å². The van der Waals surface area contributed by atoms with Crippen LogP contribution in [0.25, 0.3) is 12.2 Å². The van der Waals surface area contributed by atoms with Crippen molar-refractivity contribution in [2.24, 2.45) is 0 Å². The highest BCUT2D eigenvalue weighted by atomic mass is 32.1. The van der Waals surface area contributed by atoms with Gasteiger partial charge in [-0.1, -0.05) is 24.3 Å². The van der Waals surface area contributed by atoms with Gasteiger partial charge in [0.15, 0.2) is 0 Å². The summed E-state index contributed by atoms with van der Waals surface area (Å²) in [5.74, 6) is 0. The molecule has 0 aliphatic rings. The van der Waals surface area contributed by atoms with Crippen LogP contribution in [0.4, 0.5) is 0 Å². The van der Waals surface area contributed by atoms with Crippen molar-refractivity contribution in [3.63, 3.8) is 0 Å². The van der Waals surface area contributed by atoms with E-state index in [1.165, 1.54) is 20.9 Å². The highest BCUT2D eigenvalue weighted by molar-refractivity contribution is 7.11. The summed E-state index contributed by atoms with van der Waals surface area (Å²) in [4.78, 5) is 2.59. The summed E-state index contributed by atoms with van der Waals surface area (Å²) in [5.41, 5.74) is 2.60. The van der Waals surface area contributed by atoms with E-state index in [-0.39, 0.29) is 0 Å². The highest BCUT2D eigenvalue weighted by Crippen LogP contribution is 2.16. The molecule has 2 rings (SSSR count). The molecular weight excluding hydrogens is 256 g/mol. The van der Waals surface area contributed by atoms with E-state index in [2.05, 4.69) is 73.2 Å². The molecule has 92 valence electrons. The zero-order valence-electron chi connectivity index (χ0n) is 10.6. The van der Waals surface area contributed by atoms with Gasteiger partial charge in [0.25, 0.3) is 0 Å². The minimum Gasteiger partial charge on any atom is -0.144 e. The molecular formula is C16H16S2. The lowest BCUT2D eigenvalue weighted by atomic mass is 10.1. The lowest BCUT2D eigenvalue weighted by Crippen LogP contribution is -1.75. The minimum absolute atomic E-state index is 1.30. The fourth-order valence-electron chi connectivity index (χ4n) is 1.45. The monoisotopic (exact) mass is 272 g/mol. The van der Waals surface area contributed by atoms with Crippen LogP contribution in [0.2, 0.25) is 0 Å². The molecule has 2 aromatic heterocycles. The zero-order chi connectivity index (χ0) is 12.8. The molecule has 0 saturated carbocycles. The van der Waals surface area contributed by atoms with Gasteiger partial charge in [-0.25, -0.2) is 0 Å². The first kappa shape index (κ1) is 13.1. The number of hydrogen-bond donors (Lipinski definition) is 0. The molecule has 0 nitrogen and oxygen atoms in total. The first-order valence-corrected chi connectivity index (χ1v) is 7.62. The van der Waals surface area contributed by atoms with Crippen LogP contribution in [0.1, 0.15) is 23.6 Å². The molecule has 0 unspecified atom stereocenters. The molecule has 2 aromatic rings. The Kier molecular flexibility index (Phi) is 4.73. The molecule has 0 aliphatic heterocycles. The molecule has 2 heteroatoms. The van der Waals surface area contributed by atoms with Crippen molar-refractivity contribution < 1.29 is 0 Å². The second-order valence-electron chi connectivity index (χ2n) is 4.06. The van der Waals surface area contributed by atoms with E-state index in [0.717, 1.165) is 0 Å². The molecule has 0 aromatic carbocycles. The zero-order valence-corrected chi connectivity index (χ0v) is 12.2. The lowest BCUT2D eigenvalue weighted by Gasteiger charge is -1.97. The van der Waals surface area contributed by atoms with Gasteiger partial charge in [0.2, 0.25) is 0 Å². The molecule has 0 N–H and O–H groups in total. The smallest absolute Gasteiger partial charge is 0.0270 e. The third-order valence-corrected chi connectivity index (χ3v) is 4.38. The maximum Gasteiger partial charge on any atom is 0.0270 e. The summed E-state index contributed by atoms with van der Waals surface area (Å²) in [6, 6.07) is 8.41. The fourth-order valence-corrected chi connectivity index (χ4v) is 2.69. The molecule has 2 heterocycles. The number of allylic oxidation sites excluding steroid dienone is 4. The van der Waals surface area contributed by atoms with Crippen LogP contribution in [-0.4, -0.2) is 0 Å². The Hall–Kier alpha value is -1.38. The maximum absolute atomic E-state index is 2.18. The van der Waals surface area contributed by atoms with Gasteiger partial charge in [-0.15, -0.1) is 22.7 Å². The molecule has 0 amide bonds. The number of hydrogen-bond acceptors (Lipinski definition) is 2. The SMILES string of the molecule is CC(/C=C/c1cccs1)=C(C)\C=C\c1cccs1. The molecule has 18 heavy (non-hydrogen) atoms. The van der Waals surface area contributed by atoms with Crippen molar-refractivity contribution in [3.8, 4) is 0 Å². The average molecular weight is 272 g/mol. The van der Waals surface area contributed by atoms with Crippen molar-refractivity contribution >= 4 is 34.8 Å². The summed E-state index contributed by atoms with van der Waals surface area (Å²) in [5, 5.41) is 4.20. The van der Waals surface area contributed by atoms with Gasteiger partial charge in [0, 0.05) is 9.75 Å². The van der Waals surface area contributed by atoms with Gasteiger partial charge in [-0.05, 0) is 60.0 Å². The second kappa shape index (κ2) is 6.53. The second-order valence-corrected chi connectivity index (χ2v) is 6.02. The van der Waals surface area contributed by atoms with Gasteiger partial charge in [-0.3, -0.25) is 0 Å². The Morgan fingerprint density at radius 1 is 0.833 bits per heavy atom. The molecule has 0 bridgehead atoms. The van der Waals surface area contributed by atoms with E-state index < -0.39 is 0 Å². The van der Waals surface area contributed by atoms with Gasteiger partial charge in [-0.2, -0.15) is 0 Å². The van der Waals surface area contributed by atoms with E-state index in [4.69, 9.17) is 0 Å². The quantitative estimate of drug-likeness (QED) is 0.610. The molecule has 0 spiro atoms. The Morgan fingerprint density at radius 3 is 1.61 bits per heavy atom. The predicted octanol–water partition coefficient (Wildman–Crippen LogP) is 5.87. The Morgan fingerprint density at radius 2 is 1.28 bits per heavy atom. The van der Waals surface area contributed by atoms with Crippen LogP contribution in [0.3, 0.4) is 0 Å². The summed E-state index contributed by atoms with van der Waals surface area (Å²) >= 11 is 3.52. The summed E-state index contributed by atoms with van der Waals surface area (Å²) in [6.07, 6.45) is 8.70. The van der Waals surface area contributed by atoms with Gasteiger partial charge < -0.3 is 0 Å². The van der Waals surface area contributed by atoms with Crippen molar-refractivity contribution in [1.82, 2.24) is 0 Å². The van der Waals surface area contributed by atoms with E-state index in [9.17, 15) is 0 Å². The van der Waals surface area contributed by atoms with E-state index >= 15 is 0 Å². The van der Waals surface area contributed by atoms with E-state index in [1.807, 2.05) is 0 Å². The normalized spacial score (nSPS) is 13.4. The Bertz CT molecular complexity index is 500. The molecule has 0 fully saturated rings. The van der Waals surface area contributed by atoms with Crippen LogP contribution in [-0.2, 0) is 0 Å². The third-order valence-electron chi connectivity index (χ3n) is 2.70. The summed E-state index contributed by atoms with van der Waals surface area (Å²) < 4.78 is 0. The fraction of sp³-hybridized carbons (Fsp3) is 0.125. The Balaban J connectivity index is 2.05. The Labute approximate surface area is 117 Å². The van der Waals surface area contributed by atoms with Crippen molar-refractivity contribution in [2.75, 3.05) is 0 Å². The highest BCUT2D eigenvalue weighted by Gasteiger charge is 1.91. The van der Waals surface area contributed by atoms with Crippen LogP contribution in [0.5, 0.6) is 0 Å². The molecule has 0 aliphatic carbocycles. The molecule has 0 atom stereocenters. The van der Waals surface area contributed by atoms with Crippen molar-refractivity contribution in [3.05, 3.63) is 68.1 Å². The van der Waals surface area contributed by atoms with Crippen LogP contribution in [0, 0.1) is 0 Å². The van der Waals surface area contributed by atoms with Gasteiger partial charge in [0.05, 0.1) is 0 Å². The van der Waals surface area contributed by atoms with Crippen LogP contribution in [0.15, 0.2) is 58.3 Å². The molecule has 0 radical (unpaired) electrons. The standard InChI is InChI=1S/C16H16S2/c1-13(7-9-15-5-3-11-17-15)14(2)8-10-16-6-4-12-18-16/h3-12H,1-2H3/b9-7+,10-8+,14-13+. The summed E-state index contributed by atoms with van der Waals surface area (Å²) in [7, 11) is 0. The van der Waals surface area contributed by atoms with Crippen molar-refractivity contribution in [2.45, 2.75) is 13.8 Å². The maximum atomic E-state index is 2.18. The van der Waals surface area contributed by atoms with Crippen LogP contribution >= 0.6 is 22.7 Å². The average Bonchev–Trinajstić information content (AvgIpc) is 3.05. The predicted molar refractivity (Wildman–Crippen MR) is 85.1 cm³/mol. The first-order valence-electron chi connectivity index (χ1n) is 5.86. The van der Waals surface area contributed by atoms with Gasteiger partial charge in [0.1, 0.15) is 0 Å². The van der Waals surface area contributed by atoms with Gasteiger partial charge >= 0.3 is 0 Å². The molecule has 0 saturated heterocycles. The first-order chi connectivity index (χ1) is 8.75. The largest absolute Gasteiger partial charge is 0.144 e. The van der Waals surface area contributed by atoms with Crippen molar-refractivity contribution in [1.29, 1.82) is 0 Å². The summed E-state index contributed by atoms with van der Waals surface area (Å²) in [6.45, 7) is 4.30. The third kappa shape index (κ3) is 3.83. The minimum atomic E-state index is 1.30.